The average molecular weight is 427 g/mol. The van der Waals surface area contributed by atoms with Crippen LogP contribution in [0, 0.1) is 5.92 Å². The molecular formula is C25H26N6O. The highest BCUT2D eigenvalue weighted by atomic mass is 16.1. The van der Waals surface area contributed by atoms with Crippen molar-refractivity contribution in [1.29, 1.82) is 0 Å². The molecule has 1 saturated carbocycles. The Morgan fingerprint density at radius 3 is 2.62 bits per heavy atom. The zero-order valence-corrected chi connectivity index (χ0v) is 18.2. The SMILES string of the molecule is CC(C)CNc1nc(-c2cccnc2)cn2c(-c3ccc(C(=O)NC4CC4)cc3)cnc12. The minimum absolute atomic E-state index is 0.0135. The second-order valence-corrected chi connectivity index (χ2v) is 8.65. The lowest BCUT2D eigenvalue weighted by Crippen LogP contribution is -2.25. The standard InChI is InChI=1S/C25H26N6O/c1-16(2)12-27-23-24-28-14-22(31(24)15-21(30-23)19-4-3-11-26-13-19)17-5-7-18(8-6-17)25(32)29-20-9-10-20/h3-8,11,13-16,20H,9-10,12H2,1-2H3,(H,27,30)(H,29,32). The Balaban J connectivity index is 1.54. The van der Waals surface area contributed by atoms with Crippen LogP contribution in [0.5, 0.6) is 0 Å². The molecule has 0 unspecified atom stereocenters. The number of pyridine rings is 1. The number of rotatable bonds is 7. The normalized spacial score (nSPS) is 13.5. The molecule has 0 bridgehead atoms. The van der Waals surface area contributed by atoms with Crippen molar-refractivity contribution in [3.05, 3.63) is 66.7 Å². The highest BCUT2D eigenvalue weighted by Crippen LogP contribution is 2.28. The predicted molar refractivity (Wildman–Crippen MR) is 125 cm³/mol. The summed E-state index contributed by atoms with van der Waals surface area (Å²) in [6.45, 7) is 5.12. The summed E-state index contributed by atoms with van der Waals surface area (Å²) < 4.78 is 2.05. The molecule has 0 radical (unpaired) electrons. The Labute approximate surface area is 186 Å². The van der Waals surface area contributed by atoms with Crippen molar-refractivity contribution in [3.63, 3.8) is 0 Å². The summed E-state index contributed by atoms with van der Waals surface area (Å²) in [6.07, 6.45) is 9.55. The maximum Gasteiger partial charge on any atom is 0.251 e. The van der Waals surface area contributed by atoms with Gasteiger partial charge in [0.05, 0.1) is 17.6 Å². The Hall–Kier alpha value is -3.74. The Morgan fingerprint density at radius 1 is 1.12 bits per heavy atom. The molecule has 4 aromatic rings. The molecule has 0 saturated heterocycles. The summed E-state index contributed by atoms with van der Waals surface area (Å²) in [6, 6.07) is 11.9. The molecule has 0 atom stereocenters. The number of nitrogens with zero attached hydrogens (tertiary/aromatic N) is 4. The smallest absolute Gasteiger partial charge is 0.251 e. The zero-order chi connectivity index (χ0) is 22.1. The molecule has 0 spiro atoms. The number of aromatic nitrogens is 4. The fraction of sp³-hybridized carbons (Fsp3) is 0.280. The largest absolute Gasteiger partial charge is 0.367 e. The predicted octanol–water partition coefficient (Wildman–Crippen LogP) is 4.42. The van der Waals surface area contributed by atoms with Crippen molar-refractivity contribution >= 4 is 17.4 Å². The lowest BCUT2D eigenvalue weighted by molar-refractivity contribution is 0.0951. The average Bonchev–Trinajstić information content (AvgIpc) is 3.53. The Morgan fingerprint density at radius 2 is 1.94 bits per heavy atom. The van der Waals surface area contributed by atoms with E-state index in [2.05, 4.69) is 38.8 Å². The molecule has 7 nitrogen and oxygen atoms in total. The van der Waals surface area contributed by atoms with E-state index in [1.165, 1.54) is 0 Å². The van der Waals surface area contributed by atoms with Crippen LogP contribution in [0.25, 0.3) is 28.2 Å². The fourth-order valence-corrected chi connectivity index (χ4v) is 3.56. The lowest BCUT2D eigenvalue weighted by atomic mass is 10.1. The number of anilines is 1. The molecule has 2 N–H and O–H groups in total. The van der Waals surface area contributed by atoms with E-state index in [1.54, 1.807) is 6.20 Å². The highest BCUT2D eigenvalue weighted by Gasteiger charge is 2.23. The van der Waals surface area contributed by atoms with Gasteiger partial charge >= 0.3 is 0 Å². The van der Waals surface area contributed by atoms with Crippen LogP contribution in [-0.4, -0.2) is 37.8 Å². The summed E-state index contributed by atoms with van der Waals surface area (Å²) in [5.74, 6) is 1.20. The van der Waals surface area contributed by atoms with Crippen LogP contribution >= 0.6 is 0 Å². The van der Waals surface area contributed by atoms with E-state index >= 15 is 0 Å². The van der Waals surface area contributed by atoms with Crippen molar-refractivity contribution in [1.82, 2.24) is 24.7 Å². The number of amides is 1. The first-order valence-corrected chi connectivity index (χ1v) is 11.0. The van der Waals surface area contributed by atoms with E-state index < -0.39 is 0 Å². The summed E-state index contributed by atoms with van der Waals surface area (Å²) in [7, 11) is 0. The van der Waals surface area contributed by atoms with Crippen LogP contribution in [0.3, 0.4) is 0 Å². The molecule has 1 aliphatic rings. The number of carbonyl (C=O) groups is 1. The topological polar surface area (TPSA) is 84.2 Å². The van der Waals surface area contributed by atoms with E-state index in [-0.39, 0.29) is 5.91 Å². The van der Waals surface area contributed by atoms with Gasteiger partial charge in [0.15, 0.2) is 11.5 Å². The molecule has 32 heavy (non-hydrogen) atoms. The van der Waals surface area contributed by atoms with Crippen LogP contribution in [-0.2, 0) is 0 Å². The highest BCUT2D eigenvalue weighted by molar-refractivity contribution is 5.95. The molecule has 1 aromatic carbocycles. The first-order chi connectivity index (χ1) is 15.6. The second kappa shape index (κ2) is 8.42. The summed E-state index contributed by atoms with van der Waals surface area (Å²) in [5, 5.41) is 6.47. The van der Waals surface area contributed by atoms with Gasteiger partial charge in [-0.3, -0.25) is 14.2 Å². The van der Waals surface area contributed by atoms with Crippen LogP contribution in [0.15, 0.2) is 61.2 Å². The van der Waals surface area contributed by atoms with E-state index in [1.807, 2.05) is 55.0 Å². The molecule has 1 aliphatic carbocycles. The van der Waals surface area contributed by atoms with Gasteiger partial charge in [-0.05, 0) is 43.0 Å². The molecule has 1 amide bonds. The number of benzene rings is 1. The lowest BCUT2D eigenvalue weighted by Gasteiger charge is -2.12. The van der Waals surface area contributed by atoms with Gasteiger partial charge < -0.3 is 10.6 Å². The van der Waals surface area contributed by atoms with Gasteiger partial charge in [0, 0.05) is 47.9 Å². The molecule has 7 heteroatoms. The number of carbonyl (C=O) groups excluding carboxylic acids is 1. The third-order valence-corrected chi connectivity index (χ3v) is 5.48. The van der Waals surface area contributed by atoms with E-state index in [4.69, 9.17) is 4.98 Å². The Kier molecular flexibility index (Phi) is 5.31. The number of nitrogens with one attached hydrogen (secondary N) is 2. The van der Waals surface area contributed by atoms with Crippen molar-refractivity contribution in [2.75, 3.05) is 11.9 Å². The molecule has 162 valence electrons. The monoisotopic (exact) mass is 426 g/mol. The number of hydrogen-bond acceptors (Lipinski definition) is 5. The molecule has 3 heterocycles. The van der Waals surface area contributed by atoms with Gasteiger partial charge in [-0.1, -0.05) is 26.0 Å². The van der Waals surface area contributed by atoms with Crippen molar-refractivity contribution < 1.29 is 4.79 Å². The quantitative estimate of drug-likeness (QED) is 0.457. The van der Waals surface area contributed by atoms with E-state index in [0.29, 0.717) is 17.5 Å². The zero-order valence-electron chi connectivity index (χ0n) is 18.2. The van der Waals surface area contributed by atoms with Crippen LogP contribution in [0.4, 0.5) is 5.82 Å². The summed E-state index contributed by atoms with van der Waals surface area (Å²) in [5.41, 5.74) is 5.12. The number of imidazole rings is 1. The number of fused-ring (bicyclic) bond motifs is 1. The fourth-order valence-electron chi connectivity index (χ4n) is 3.56. The third-order valence-electron chi connectivity index (χ3n) is 5.48. The summed E-state index contributed by atoms with van der Waals surface area (Å²) in [4.78, 5) is 26.1. The van der Waals surface area contributed by atoms with Gasteiger partial charge in [0.1, 0.15) is 0 Å². The minimum Gasteiger partial charge on any atom is -0.367 e. The van der Waals surface area contributed by atoms with Gasteiger partial charge in [0.2, 0.25) is 0 Å². The minimum atomic E-state index is -0.0135. The van der Waals surface area contributed by atoms with Gasteiger partial charge in [-0.15, -0.1) is 0 Å². The van der Waals surface area contributed by atoms with Gasteiger partial charge in [-0.25, -0.2) is 9.97 Å². The van der Waals surface area contributed by atoms with Gasteiger partial charge in [0.25, 0.3) is 5.91 Å². The molecule has 1 fully saturated rings. The van der Waals surface area contributed by atoms with Crippen LogP contribution < -0.4 is 10.6 Å². The van der Waals surface area contributed by atoms with Crippen molar-refractivity contribution in [3.8, 4) is 22.5 Å². The first-order valence-electron chi connectivity index (χ1n) is 11.0. The second-order valence-electron chi connectivity index (χ2n) is 8.65. The van der Waals surface area contributed by atoms with E-state index in [9.17, 15) is 4.79 Å². The van der Waals surface area contributed by atoms with Crippen LogP contribution in [0.1, 0.15) is 37.0 Å². The molecular weight excluding hydrogens is 400 g/mol. The van der Waals surface area contributed by atoms with E-state index in [0.717, 1.165) is 53.4 Å². The van der Waals surface area contributed by atoms with Gasteiger partial charge in [-0.2, -0.15) is 0 Å². The molecule has 5 rings (SSSR count). The van der Waals surface area contributed by atoms with Crippen molar-refractivity contribution in [2.45, 2.75) is 32.7 Å². The van der Waals surface area contributed by atoms with Crippen LogP contribution in [0.2, 0.25) is 0 Å². The number of hydrogen-bond donors (Lipinski definition) is 2. The maximum absolute atomic E-state index is 12.3. The Bertz CT molecular complexity index is 1240. The molecule has 3 aromatic heterocycles. The third kappa shape index (κ3) is 4.19. The summed E-state index contributed by atoms with van der Waals surface area (Å²) >= 11 is 0. The maximum atomic E-state index is 12.3. The van der Waals surface area contributed by atoms with Crippen molar-refractivity contribution in [2.24, 2.45) is 5.92 Å². The first kappa shape index (κ1) is 20.2. The molecule has 0 aliphatic heterocycles.